The van der Waals surface area contributed by atoms with E-state index in [0.29, 0.717) is 11.4 Å². The summed E-state index contributed by atoms with van der Waals surface area (Å²) in [5, 5.41) is 3.61. The van der Waals surface area contributed by atoms with Crippen LogP contribution in [-0.4, -0.2) is 11.9 Å². The Balaban J connectivity index is 2.49. The van der Waals surface area contributed by atoms with Crippen molar-refractivity contribution in [2.45, 2.75) is 39.2 Å². The molecule has 0 aliphatic carbocycles. The molecule has 0 radical (unpaired) electrons. The predicted molar refractivity (Wildman–Crippen MR) is 67.7 cm³/mol. The van der Waals surface area contributed by atoms with Crippen LogP contribution in [0.5, 0.6) is 0 Å². The van der Waals surface area contributed by atoms with Gasteiger partial charge in [0.15, 0.2) is 0 Å². The van der Waals surface area contributed by atoms with E-state index in [4.69, 9.17) is 11.6 Å². The third-order valence-corrected chi connectivity index (χ3v) is 2.81. The molecule has 0 aromatic heterocycles. The first-order valence-corrected chi connectivity index (χ1v) is 6.04. The van der Waals surface area contributed by atoms with E-state index in [2.05, 4.69) is 12.2 Å². The van der Waals surface area contributed by atoms with Crippen LogP contribution in [0.25, 0.3) is 0 Å². The van der Waals surface area contributed by atoms with Crippen LogP contribution in [0.2, 0.25) is 5.02 Å². The first kappa shape index (κ1) is 13.0. The van der Waals surface area contributed by atoms with Crippen LogP contribution in [0, 0.1) is 0 Å². The molecule has 0 spiro atoms. The van der Waals surface area contributed by atoms with E-state index in [-0.39, 0.29) is 11.9 Å². The lowest BCUT2D eigenvalue weighted by molar-refractivity contribution is -0.121. The van der Waals surface area contributed by atoms with Gasteiger partial charge in [-0.2, -0.15) is 0 Å². The zero-order chi connectivity index (χ0) is 12.0. The Morgan fingerprint density at radius 3 is 2.75 bits per heavy atom. The van der Waals surface area contributed by atoms with Gasteiger partial charge in [0.2, 0.25) is 5.91 Å². The fourth-order valence-electron chi connectivity index (χ4n) is 1.65. The molecule has 2 nitrogen and oxygen atoms in total. The summed E-state index contributed by atoms with van der Waals surface area (Å²) < 4.78 is 0. The van der Waals surface area contributed by atoms with Crippen LogP contribution < -0.4 is 5.32 Å². The Morgan fingerprint density at radius 1 is 1.44 bits per heavy atom. The average molecular weight is 240 g/mol. The maximum absolute atomic E-state index is 11.7. The zero-order valence-corrected chi connectivity index (χ0v) is 10.6. The topological polar surface area (TPSA) is 29.1 Å². The fraction of sp³-hybridized carbons (Fsp3) is 0.462. The van der Waals surface area contributed by atoms with E-state index in [0.717, 1.165) is 18.4 Å². The summed E-state index contributed by atoms with van der Waals surface area (Å²) in [5.74, 6) is 0.0362. The second-order valence-electron chi connectivity index (χ2n) is 4.03. The largest absolute Gasteiger partial charge is 0.353 e. The van der Waals surface area contributed by atoms with Gasteiger partial charge >= 0.3 is 0 Å². The summed E-state index contributed by atoms with van der Waals surface area (Å²) in [5.41, 5.74) is 0.880. The molecule has 1 amide bonds. The lowest BCUT2D eigenvalue weighted by Crippen LogP contribution is -2.33. The number of halogens is 1. The van der Waals surface area contributed by atoms with Crippen LogP contribution in [0.4, 0.5) is 0 Å². The molecule has 1 rings (SSSR count). The quantitative estimate of drug-likeness (QED) is 0.840. The minimum absolute atomic E-state index is 0.0362. The van der Waals surface area contributed by atoms with Gasteiger partial charge in [-0.1, -0.05) is 43.1 Å². The molecule has 0 heterocycles. The van der Waals surface area contributed by atoms with Crippen LogP contribution in [0.15, 0.2) is 24.3 Å². The van der Waals surface area contributed by atoms with Gasteiger partial charge in [0.05, 0.1) is 6.42 Å². The van der Waals surface area contributed by atoms with Gasteiger partial charge in [-0.15, -0.1) is 0 Å². The Labute approximate surface area is 102 Å². The highest BCUT2D eigenvalue weighted by Gasteiger charge is 2.08. The Hall–Kier alpha value is -1.02. The maximum atomic E-state index is 11.7. The monoisotopic (exact) mass is 239 g/mol. The maximum Gasteiger partial charge on any atom is 0.224 e. The van der Waals surface area contributed by atoms with Crippen molar-refractivity contribution in [1.82, 2.24) is 5.32 Å². The highest BCUT2D eigenvalue weighted by Crippen LogP contribution is 2.15. The number of rotatable bonds is 5. The molecule has 1 unspecified atom stereocenters. The lowest BCUT2D eigenvalue weighted by Gasteiger charge is -2.13. The highest BCUT2D eigenvalue weighted by atomic mass is 35.5. The second kappa shape index (κ2) is 6.54. The molecule has 0 aliphatic heterocycles. The normalized spacial score (nSPS) is 12.2. The summed E-state index contributed by atoms with van der Waals surface area (Å²) >= 11 is 5.99. The molecule has 0 aliphatic rings. The van der Waals surface area contributed by atoms with Gasteiger partial charge in [-0.05, 0) is 25.0 Å². The van der Waals surface area contributed by atoms with Gasteiger partial charge in [-0.3, -0.25) is 4.79 Å². The molecule has 1 N–H and O–H groups in total. The third-order valence-electron chi connectivity index (χ3n) is 2.44. The van der Waals surface area contributed by atoms with Gasteiger partial charge < -0.3 is 5.32 Å². The smallest absolute Gasteiger partial charge is 0.224 e. The molecule has 1 aromatic rings. The zero-order valence-electron chi connectivity index (χ0n) is 9.79. The molecular formula is C13H18ClNO. The van der Waals surface area contributed by atoms with E-state index in [9.17, 15) is 4.79 Å². The van der Waals surface area contributed by atoms with Crippen molar-refractivity contribution in [3.63, 3.8) is 0 Å². The fourth-order valence-corrected chi connectivity index (χ4v) is 1.85. The van der Waals surface area contributed by atoms with E-state index < -0.39 is 0 Å². The number of amides is 1. The molecule has 3 heteroatoms. The Bertz CT molecular complexity index is 352. The van der Waals surface area contributed by atoms with Gasteiger partial charge in [0.1, 0.15) is 0 Å². The highest BCUT2D eigenvalue weighted by molar-refractivity contribution is 6.31. The number of carbonyl (C=O) groups excluding carboxylic acids is 1. The molecule has 0 bridgehead atoms. The van der Waals surface area contributed by atoms with Crippen molar-refractivity contribution < 1.29 is 4.79 Å². The number of carbonyl (C=O) groups is 1. The van der Waals surface area contributed by atoms with Crippen molar-refractivity contribution in [2.24, 2.45) is 0 Å². The van der Waals surface area contributed by atoms with Crippen molar-refractivity contribution in [3.8, 4) is 0 Å². The summed E-state index contributed by atoms with van der Waals surface area (Å²) in [6, 6.07) is 7.68. The van der Waals surface area contributed by atoms with Crippen molar-refractivity contribution in [2.75, 3.05) is 0 Å². The molecule has 1 aromatic carbocycles. The van der Waals surface area contributed by atoms with Crippen molar-refractivity contribution in [3.05, 3.63) is 34.9 Å². The molecule has 0 saturated heterocycles. The number of benzene rings is 1. The van der Waals surface area contributed by atoms with Gasteiger partial charge in [0.25, 0.3) is 0 Å². The van der Waals surface area contributed by atoms with Crippen LogP contribution in [-0.2, 0) is 11.2 Å². The van der Waals surface area contributed by atoms with Gasteiger partial charge in [-0.25, -0.2) is 0 Å². The third kappa shape index (κ3) is 4.23. The molecule has 88 valence electrons. The Kier molecular flexibility index (Phi) is 5.33. The van der Waals surface area contributed by atoms with E-state index >= 15 is 0 Å². The minimum Gasteiger partial charge on any atom is -0.353 e. The SMILES string of the molecule is CCCC(C)NC(=O)Cc1ccccc1Cl. The van der Waals surface area contributed by atoms with Crippen LogP contribution in [0.3, 0.4) is 0 Å². The molecule has 0 saturated carbocycles. The van der Waals surface area contributed by atoms with Crippen molar-refractivity contribution >= 4 is 17.5 Å². The molecule has 0 fully saturated rings. The number of nitrogens with one attached hydrogen (secondary N) is 1. The van der Waals surface area contributed by atoms with Crippen LogP contribution >= 0.6 is 11.6 Å². The number of hydrogen-bond acceptors (Lipinski definition) is 1. The van der Waals surface area contributed by atoms with Gasteiger partial charge in [0, 0.05) is 11.1 Å². The Morgan fingerprint density at radius 2 is 2.12 bits per heavy atom. The molecule has 16 heavy (non-hydrogen) atoms. The first-order chi connectivity index (χ1) is 7.63. The van der Waals surface area contributed by atoms with Crippen molar-refractivity contribution in [1.29, 1.82) is 0 Å². The summed E-state index contributed by atoms with van der Waals surface area (Å²) in [6.07, 6.45) is 2.44. The van der Waals surface area contributed by atoms with E-state index in [1.807, 2.05) is 25.1 Å². The van der Waals surface area contributed by atoms with E-state index in [1.54, 1.807) is 6.07 Å². The van der Waals surface area contributed by atoms with Crippen LogP contribution in [0.1, 0.15) is 32.3 Å². The molecule has 1 atom stereocenters. The second-order valence-corrected chi connectivity index (χ2v) is 4.43. The standard InChI is InChI=1S/C13H18ClNO/c1-3-6-10(2)15-13(16)9-11-7-4-5-8-12(11)14/h4-5,7-8,10H,3,6,9H2,1-2H3,(H,15,16). The average Bonchev–Trinajstić information content (AvgIpc) is 2.21. The molecular weight excluding hydrogens is 222 g/mol. The van der Waals surface area contributed by atoms with E-state index in [1.165, 1.54) is 0 Å². The summed E-state index contributed by atoms with van der Waals surface area (Å²) in [7, 11) is 0. The summed E-state index contributed by atoms with van der Waals surface area (Å²) in [6.45, 7) is 4.13. The lowest BCUT2D eigenvalue weighted by atomic mass is 10.1. The summed E-state index contributed by atoms with van der Waals surface area (Å²) in [4.78, 5) is 11.7. The first-order valence-electron chi connectivity index (χ1n) is 5.66. The number of hydrogen-bond donors (Lipinski definition) is 1. The minimum atomic E-state index is 0.0362. The predicted octanol–water partition coefficient (Wildman–Crippen LogP) is 3.19.